The Balaban J connectivity index is 1.31. The fourth-order valence-electron chi connectivity index (χ4n) is 9.33. The van der Waals surface area contributed by atoms with Gasteiger partial charge in [0.05, 0.1) is 30.9 Å². The minimum absolute atomic E-state index is 0.0462. The molecule has 0 N–H and O–H groups in total. The summed E-state index contributed by atoms with van der Waals surface area (Å²) < 4.78 is 11.1. The van der Waals surface area contributed by atoms with E-state index in [1.807, 2.05) is 6.92 Å². The number of ether oxygens (including phenoxy) is 2. The molecule has 6 atom stereocenters. The molecule has 192 valence electrons. The van der Waals surface area contributed by atoms with Gasteiger partial charge in [0.2, 0.25) is 0 Å². The quantitative estimate of drug-likeness (QED) is 0.306. The van der Waals surface area contributed by atoms with E-state index < -0.39 is 0 Å². The van der Waals surface area contributed by atoms with Crippen LogP contribution in [0.1, 0.15) is 85.5 Å². The number of hydrogen-bond acceptors (Lipinski definition) is 6. The number of nitrogens with zero attached hydrogens (tertiary/aromatic N) is 2. The summed E-state index contributed by atoms with van der Waals surface area (Å²) in [6, 6.07) is 0. The van der Waals surface area contributed by atoms with Gasteiger partial charge in [-0.05, 0) is 87.9 Å². The third-order valence-corrected chi connectivity index (χ3v) is 10.9. The first kappa shape index (κ1) is 24.5. The number of fused-ring (bicyclic) bond motifs is 3. The van der Waals surface area contributed by atoms with E-state index in [-0.39, 0.29) is 22.2 Å². The molecule has 1 heterocycles. The average Bonchev–Trinajstić information content (AvgIpc) is 3.01. The maximum Gasteiger partial charge on any atom is 0.312 e. The first-order valence-electron chi connectivity index (χ1n) is 13.9. The molecular formula is C28H46N2O4. The zero-order chi connectivity index (χ0) is 24.0. The number of oxime groups is 1. The van der Waals surface area contributed by atoms with Gasteiger partial charge in [-0.15, -0.1) is 0 Å². The molecule has 0 aromatic rings. The Morgan fingerprint density at radius 1 is 1.09 bits per heavy atom. The van der Waals surface area contributed by atoms with E-state index >= 15 is 0 Å². The molecular weight excluding hydrogens is 428 g/mol. The minimum atomic E-state index is -0.330. The van der Waals surface area contributed by atoms with E-state index in [2.05, 4.69) is 25.7 Å². The van der Waals surface area contributed by atoms with Crippen molar-refractivity contribution in [1.29, 1.82) is 0 Å². The number of hydrogen-bond donors (Lipinski definition) is 0. The van der Waals surface area contributed by atoms with E-state index in [4.69, 9.17) is 19.5 Å². The van der Waals surface area contributed by atoms with Gasteiger partial charge in [-0.1, -0.05) is 25.4 Å². The summed E-state index contributed by atoms with van der Waals surface area (Å²) in [7, 11) is 0. The van der Waals surface area contributed by atoms with Gasteiger partial charge < -0.3 is 14.3 Å². The molecule has 0 unspecified atom stereocenters. The van der Waals surface area contributed by atoms with Crippen LogP contribution < -0.4 is 0 Å². The van der Waals surface area contributed by atoms with E-state index in [9.17, 15) is 4.79 Å². The molecule has 6 nitrogen and oxygen atoms in total. The first-order valence-corrected chi connectivity index (χ1v) is 13.9. The van der Waals surface area contributed by atoms with Crippen LogP contribution >= 0.6 is 0 Å². The SMILES string of the molecule is CCOC(=O)[C@]1(C)CCC[C@@]2(C)[C@@H]3CC[C@@]4(C)C[C@]3(CC[C@@H]21)C/C4=N\OCCN1CCOCC1. The number of carbonyl (C=O) groups is 1. The Bertz CT molecular complexity index is 810. The van der Waals surface area contributed by atoms with Crippen LogP contribution in [-0.2, 0) is 19.1 Å². The predicted molar refractivity (Wildman–Crippen MR) is 133 cm³/mol. The highest BCUT2D eigenvalue weighted by Crippen LogP contribution is 2.73. The molecule has 0 amide bonds. The maximum atomic E-state index is 13.1. The van der Waals surface area contributed by atoms with E-state index in [0.29, 0.717) is 30.5 Å². The number of rotatable bonds is 6. The standard InChI is InChI=1S/C28H46N2O4/c1-5-33-24(31)27(4)10-6-9-26(3)21(27)8-12-28-19-23(25(2,20-28)11-7-22(26)28)29-34-18-15-30-13-16-32-17-14-30/h21-22H,5-20H2,1-4H3/b29-23+/t21-,22-,25-,26+,27+,28-/m0/s1. The predicted octanol–water partition coefficient (Wildman–Crippen LogP) is 5.06. The third-order valence-electron chi connectivity index (χ3n) is 10.9. The van der Waals surface area contributed by atoms with Crippen molar-refractivity contribution in [2.24, 2.45) is 38.7 Å². The largest absolute Gasteiger partial charge is 0.466 e. The normalized spacial score (nSPS) is 45.5. The summed E-state index contributed by atoms with van der Waals surface area (Å²) >= 11 is 0. The summed E-state index contributed by atoms with van der Waals surface area (Å²) in [4.78, 5) is 21.5. The van der Waals surface area contributed by atoms with Crippen molar-refractivity contribution in [3.8, 4) is 0 Å². The number of carbonyl (C=O) groups excluding carboxylic acids is 1. The lowest BCUT2D eigenvalue weighted by atomic mass is 9.40. The van der Waals surface area contributed by atoms with Crippen LogP contribution in [0.4, 0.5) is 0 Å². The zero-order valence-corrected chi connectivity index (χ0v) is 22.0. The summed E-state index contributed by atoms with van der Waals surface area (Å²) in [6.07, 6.45) is 10.5. The fourth-order valence-corrected chi connectivity index (χ4v) is 9.33. The molecule has 2 bridgehead atoms. The third kappa shape index (κ3) is 3.91. The summed E-state index contributed by atoms with van der Waals surface area (Å²) in [6.45, 7) is 14.8. The Morgan fingerprint density at radius 2 is 1.85 bits per heavy atom. The topological polar surface area (TPSA) is 60.4 Å². The van der Waals surface area contributed by atoms with Gasteiger partial charge in [0.15, 0.2) is 0 Å². The summed E-state index contributed by atoms with van der Waals surface area (Å²) in [5, 5.41) is 4.80. The molecule has 1 aliphatic heterocycles. The van der Waals surface area contributed by atoms with E-state index in [1.54, 1.807) is 0 Å². The lowest BCUT2D eigenvalue weighted by molar-refractivity contribution is -0.187. The van der Waals surface area contributed by atoms with Crippen LogP contribution in [0.3, 0.4) is 0 Å². The highest BCUT2D eigenvalue weighted by molar-refractivity contribution is 5.93. The zero-order valence-electron chi connectivity index (χ0n) is 22.0. The molecule has 5 fully saturated rings. The van der Waals surface area contributed by atoms with Crippen molar-refractivity contribution < 1.29 is 19.1 Å². The Hall–Kier alpha value is -1.14. The minimum Gasteiger partial charge on any atom is -0.466 e. The molecule has 6 heteroatoms. The van der Waals surface area contributed by atoms with Crippen molar-refractivity contribution >= 4 is 11.7 Å². The second-order valence-electron chi connectivity index (χ2n) is 12.8. The lowest BCUT2D eigenvalue weighted by Gasteiger charge is -2.64. The lowest BCUT2D eigenvalue weighted by Crippen LogP contribution is -2.58. The van der Waals surface area contributed by atoms with Crippen molar-refractivity contribution in [2.75, 3.05) is 46.1 Å². The van der Waals surface area contributed by atoms with Crippen LogP contribution in [0.25, 0.3) is 0 Å². The molecule has 5 rings (SSSR count). The van der Waals surface area contributed by atoms with Crippen LogP contribution in [0.2, 0.25) is 0 Å². The van der Waals surface area contributed by atoms with Crippen molar-refractivity contribution in [3.05, 3.63) is 0 Å². The monoisotopic (exact) mass is 474 g/mol. The van der Waals surface area contributed by atoms with E-state index in [1.165, 1.54) is 37.8 Å². The average molecular weight is 475 g/mol. The second-order valence-corrected chi connectivity index (χ2v) is 12.8. The molecule has 1 saturated heterocycles. The fraction of sp³-hybridized carbons (Fsp3) is 0.929. The molecule has 1 spiro atoms. The Kier molecular flexibility index (Phi) is 6.54. The van der Waals surface area contributed by atoms with Crippen molar-refractivity contribution in [2.45, 2.75) is 85.5 Å². The van der Waals surface area contributed by atoms with Gasteiger partial charge in [0, 0.05) is 25.0 Å². The highest BCUT2D eigenvalue weighted by atomic mass is 16.6. The molecule has 0 radical (unpaired) electrons. The van der Waals surface area contributed by atoms with Gasteiger partial charge in [-0.3, -0.25) is 9.69 Å². The molecule has 4 saturated carbocycles. The maximum absolute atomic E-state index is 13.1. The van der Waals surface area contributed by atoms with Gasteiger partial charge in [-0.2, -0.15) is 0 Å². The van der Waals surface area contributed by atoms with Crippen LogP contribution in [0.15, 0.2) is 5.16 Å². The molecule has 0 aromatic carbocycles. The van der Waals surface area contributed by atoms with Crippen LogP contribution in [0, 0.1) is 33.5 Å². The van der Waals surface area contributed by atoms with Gasteiger partial charge in [0.25, 0.3) is 0 Å². The Labute approximate surface area is 206 Å². The Morgan fingerprint density at radius 3 is 2.62 bits per heavy atom. The van der Waals surface area contributed by atoms with Crippen LogP contribution in [0.5, 0.6) is 0 Å². The molecule has 4 aliphatic carbocycles. The smallest absolute Gasteiger partial charge is 0.312 e. The molecule has 34 heavy (non-hydrogen) atoms. The highest BCUT2D eigenvalue weighted by Gasteiger charge is 2.67. The van der Waals surface area contributed by atoms with Crippen molar-refractivity contribution in [1.82, 2.24) is 4.90 Å². The summed E-state index contributed by atoms with van der Waals surface area (Å²) in [5.41, 5.74) is 1.70. The van der Waals surface area contributed by atoms with E-state index in [0.717, 1.165) is 58.5 Å². The molecule has 0 aromatic heterocycles. The van der Waals surface area contributed by atoms with Gasteiger partial charge in [-0.25, -0.2) is 0 Å². The van der Waals surface area contributed by atoms with Gasteiger partial charge in [0.1, 0.15) is 6.61 Å². The summed E-state index contributed by atoms with van der Waals surface area (Å²) in [5.74, 6) is 1.14. The van der Waals surface area contributed by atoms with Crippen molar-refractivity contribution in [3.63, 3.8) is 0 Å². The molecule has 5 aliphatic rings. The van der Waals surface area contributed by atoms with Crippen LogP contribution in [-0.4, -0.2) is 62.6 Å². The first-order chi connectivity index (χ1) is 16.3. The van der Waals surface area contributed by atoms with Gasteiger partial charge >= 0.3 is 5.97 Å². The number of esters is 1. The number of morpholine rings is 1. The second kappa shape index (κ2) is 9.06.